The minimum absolute atomic E-state index is 0. The molecule has 3 heteroatoms. The molecule has 0 bridgehead atoms. The lowest BCUT2D eigenvalue weighted by molar-refractivity contribution is -0.155. The zero-order valence-electron chi connectivity index (χ0n) is 15.7. The number of halogens is 1. The Bertz CT molecular complexity index is 492. The molecular formula is C21H35ClO2. The molecule has 4 fully saturated rings. The predicted octanol–water partition coefficient (Wildman–Crippen LogP) is 5.63. The Labute approximate surface area is 153 Å². The maximum Gasteiger partial charge on any atom is 0.309 e. The lowest BCUT2D eigenvalue weighted by Gasteiger charge is -2.60. The number of carbonyl (C=O) groups excluding carboxylic acids is 1. The highest BCUT2D eigenvalue weighted by atomic mass is 35.5. The first-order valence-electron chi connectivity index (χ1n) is 10.1. The number of methoxy groups -OCH3 is 1. The molecule has 4 aliphatic rings. The second kappa shape index (κ2) is 6.49. The van der Waals surface area contributed by atoms with Crippen LogP contribution in [-0.2, 0) is 9.53 Å². The van der Waals surface area contributed by atoms with Crippen LogP contribution in [0.2, 0.25) is 0 Å². The second-order valence-corrected chi connectivity index (χ2v) is 9.60. The highest BCUT2D eigenvalue weighted by Crippen LogP contribution is 2.67. The summed E-state index contributed by atoms with van der Waals surface area (Å²) in [5, 5.41) is 0. The van der Waals surface area contributed by atoms with Gasteiger partial charge in [0.25, 0.3) is 0 Å². The minimum Gasteiger partial charge on any atom is -0.469 e. The van der Waals surface area contributed by atoms with Gasteiger partial charge in [0, 0.05) is 0 Å². The SMILES string of the molecule is COC(=O)C1CC[C@H]2[C@@H]3CC[C@H]4CCCC[C@]4(C)[C@H]3CC[C@]12C.Cl. The summed E-state index contributed by atoms with van der Waals surface area (Å²) in [6.07, 6.45) is 13.7. The molecule has 4 rings (SSSR count). The third kappa shape index (κ3) is 2.46. The van der Waals surface area contributed by atoms with E-state index in [1.165, 1.54) is 57.8 Å². The molecular weight excluding hydrogens is 320 g/mol. The fourth-order valence-electron chi connectivity index (χ4n) is 7.82. The van der Waals surface area contributed by atoms with E-state index in [2.05, 4.69) is 13.8 Å². The van der Waals surface area contributed by atoms with Crippen molar-refractivity contribution in [3.8, 4) is 0 Å². The van der Waals surface area contributed by atoms with E-state index in [0.717, 1.165) is 30.1 Å². The van der Waals surface area contributed by atoms with E-state index in [1.54, 1.807) is 7.11 Å². The standard InChI is InChI=1S/C21H34O2.ClH/c1-20-12-5-4-6-14(20)7-8-15-16-9-10-18(19(22)23-3)21(16,2)13-11-17(15)20;/h14-18H,4-13H2,1-3H3;1H/t14-,15+,16+,17+,18?,20+,21+;/m1./s1. The minimum atomic E-state index is 0. The van der Waals surface area contributed by atoms with Crippen molar-refractivity contribution < 1.29 is 9.53 Å². The molecule has 0 radical (unpaired) electrons. The van der Waals surface area contributed by atoms with Crippen LogP contribution in [0.5, 0.6) is 0 Å². The summed E-state index contributed by atoms with van der Waals surface area (Å²) in [7, 11) is 1.57. The molecule has 0 aromatic carbocycles. The van der Waals surface area contributed by atoms with E-state index in [-0.39, 0.29) is 29.7 Å². The number of rotatable bonds is 1. The van der Waals surface area contributed by atoms with Gasteiger partial charge in [-0.05, 0) is 85.9 Å². The van der Waals surface area contributed by atoms with E-state index in [1.807, 2.05) is 0 Å². The Hall–Kier alpha value is -0.240. The van der Waals surface area contributed by atoms with Gasteiger partial charge in [-0.15, -0.1) is 12.4 Å². The Morgan fingerprint density at radius 2 is 1.62 bits per heavy atom. The zero-order chi connectivity index (χ0) is 16.2. The third-order valence-electron chi connectivity index (χ3n) is 9.07. The van der Waals surface area contributed by atoms with Crippen LogP contribution in [0, 0.1) is 40.4 Å². The summed E-state index contributed by atoms with van der Waals surface area (Å²) in [6.45, 7) is 5.04. The van der Waals surface area contributed by atoms with E-state index in [9.17, 15) is 4.79 Å². The quantitative estimate of drug-likeness (QED) is 0.570. The van der Waals surface area contributed by atoms with Crippen LogP contribution in [0.3, 0.4) is 0 Å². The van der Waals surface area contributed by atoms with Crippen molar-refractivity contribution in [2.24, 2.45) is 40.4 Å². The molecule has 0 aromatic rings. The first kappa shape index (κ1) is 18.5. The van der Waals surface area contributed by atoms with E-state index in [0.29, 0.717) is 5.41 Å². The van der Waals surface area contributed by atoms with Gasteiger partial charge in [0.15, 0.2) is 0 Å². The Balaban J connectivity index is 0.00000169. The molecule has 4 aliphatic carbocycles. The first-order chi connectivity index (χ1) is 11.0. The Kier molecular flexibility index (Phi) is 5.01. The molecule has 7 atom stereocenters. The number of ether oxygens (including phenoxy) is 1. The lowest BCUT2D eigenvalue weighted by Crippen LogP contribution is -2.53. The van der Waals surface area contributed by atoms with Crippen molar-refractivity contribution in [3.05, 3.63) is 0 Å². The molecule has 138 valence electrons. The molecule has 1 unspecified atom stereocenters. The lowest BCUT2D eigenvalue weighted by atomic mass is 9.45. The average molecular weight is 355 g/mol. The Morgan fingerprint density at radius 1 is 0.875 bits per heavy atom. The summed E-state index contributed by atoms with van der Waals surface area (Å²) in [6, 6.07) is 0. The van der Waals surface area contributed by atoms with Gasteiger partial charge < -0.3 is 4.74 Å². The summed E-state index contributed by atoms with van der Waals surface area (Å²) in [5.41, 5.74) is 0.817. The van der Waals surface area contributed by atoms with E-state index >= 15 is 0 Å². The monoisotopic (exact) mass is 354 g/mol. The van der Waals surface area contributed by atoms with Crippen molar-refractivity contribution >= 4 is 18.4 Å². The zero-order valence-corrected chi connectivity index (χ0v) is 16.5. The molecule has 0 saturated heterocycles. The van der Waals surface area contributed by atoms with E-state index < -0.39 is 0 Å². The van der Waals surface area contributed by atoms with Gasteiger partial charge in [0.05, 0.1) is 13.0 Å². The van der Waals surface area contributed by atoms with Gasteiger partial charge in [-0.1, -0.05) is 26.7 Å². The van der Waals surface area contributed by atoms with Crippen LogP contribution >= 0.6 is 12.4 Å². The normalized spacial score (nSPS) is 50.0. The molecule has 0 heterocycles. The molecule has 2 nitrogen and oxygen atoms in total. The summed E-state index contributed by atoms with van der Waals surface area (Å²) in [5.74, 6) is 3.78. The molecule has 0 N–H and O–H groups in total. The molecule has 0 aliphatic heterocycles. The van der Waals surface area contributed by atoms with Crippen molar-refractivity contribution in [1.29, 1.82) is 0 Å². The van der Waals surface area contributed by atoms with Gasteiger partial charge in [-0.3, -0.25) is 4.79 Å². The van der Waals surface area contributed by atoms with Crippen LogP contribution in [-0.4, -0.2) is 13.1 Å². The number of carbonyl (C=O) groups is 1. The summed E-state index contributed by atoms with van der Waals surface area (Å²) in [4.78, 5) is 12.3. The average Bonchev–Trinajstić information content (AvgIpc) is 2.91. The third-order valence-corrected chi connectivity index (χ3v) is 9.07. The number of hydrogen-bond acceptors (Lipinski definition) is 2. The van der Waals surface area contributed by atoms with Crippen LogP contribution in [0.4, 0.5) is 0 Å². The smallest absolute Gasteiger partial charge is 0.309 e. The second-order valence-electron chi connectivity index (χ2n) is 9.60. The van der Waals surface area contributed by atoms with Crippen molar-refractivity contribution in [1.82, 2.24) is 0 Å². The van der Waals surface area contributed by atoms with Gasteiger partial charge in [-0.25, -0.2) is 0 Å². The highest BCUT2D eigenvalue weighted by Gasteiger charge is 2.61. The summed E-state index contributed by atoms with van der Waals surface area (Å²) >= 11 is 0. The van der Waals surface area contributed by atoms with Crippen molar-refractivity contribution in [2.45, 2.75) is 78.1 Å². The van der Waals surface area contributed by atoms with Crippen LogP contribution in [0.15, 0.2) is 0 Å². The van der Waals surface area contributed by atoms with Gasteiger partial charge in [-0.2, -0.15) is 0 Å². The van der Waals surface area contributed by atoms with Crippen molar-refractivity contribution in [2.75, 3.05) is 7.11 Å². The largest absolute Gasteiger partial charge is 0.469 e. The van der Waals surface area contributed by atoms with E-state index in [4.69, 9.17) is 4.74 Å². The van der Waals surface area contributed by atoms with Crippen LogP contribution in [0.1, 0.15) is 78.1 Å². The fourth-order valence-corrected chi connectivity index (χ4v) is 7.82. The summed E-state index contributed by atoms with van der Waals surface area (Å²) < 4.78 is 5.15. The maximum absolute atomic E-state index is 12.3. The van der Waals surface area contributed by atoms with Crippen LogP contribution < -0.4 is 0 Å². The molecule has 0 aromatic heterocycles. The molecule has 4 saturated carbocycles. The van der Waals surface area contributed by atoms with Crippen molar-refractivity contribution in [3.63, 3.8) is 0 Å². The molecule has 0 amide bonds. The Morgan fingerprint density at radius 3 is 2.38 bits per heavy atom. The number of fused-ring (bicyclic) bond motifs is 5. The topological polar surface area (TPSA) is 26.3 Å². The molecule has 24 heavy (non-hydrogen) atoms. The first-order valence-corrected chi connectivity index (χ1v) is 10.1. The molecule has 0 spiro atoms. The number of esters is 1. The predicted molar refractivity (Wildman–Crippen MR) is 99.1 cm³/mol. The highest BCUT2D eigenvalue weighted by molar-refractivity contribution is 5.85. The fraction of sp³-hybridized carbons (Fsp3) is 0.952. The van der Waals surface area contributed by atoms with Gasteiger partial charge in [0.2, 0.25) is 0 Å². The van der Waals surface area contributed by atoms with Gasteiger partial charge in [0.1, 0.15) is 0 Å². The number of hydrogen-bond donors (Lipinski definition) is 0. The van der Waals surface area contributed by atoms with Crippen LogP contribution in [0.25, 0.3) is 0 Å². The maximum atomic E-state index is 12.3. The van der Waals surface area contributed by atoms with Gasteiger partial charge >= 0.3 is 5.97 Å².